The van der Waals surface area contributed by atoms with Crippen LogP contribution in [0.3, 0.4) is 0 Å². The van der Waals surface area contributed by atoms with Crippen LogP contribution in [0.25, 0.3) is 0 Å². The van der Waals surface area contributed by atoms with Crippen LogP contribution in [0.4, 0.5) is 11.4 Å². The molecule has 0 unspecified atom stereocenters. The standard InChI is InChI=1S/C16H15NO5.C16H17NO3.C2H4O2.Fe.H3N.H2/c1-11(18)13-8-15(21-2)16(9-14(13)17(19)20)22-10-12-6-4-3-5-7-12;1-11(18)13-8-15(19-2)16(9-14(13)17)20-10-12-6-4-3-5-7-12;1-2(3)4;;;/h3-9H,10H2,1-2H3;3-9H,10,17H2,1-2H3;1H3,(H,3,4);;1H3;1H/i;;;;;1+1. The Bertz CT molecular complexity index is 1660. The van der Waals surface area contributed by atoms with Gasteiger partial charge in [-0.25, -0.2) is 0 Å². The first-order valence-corrected chi connectivity index (χ1v) is 13.8. The van der Waals surface area contributed by atoms with Crippen LogP contribution in [0, 0.1) is 10.1 Å². The second-order valence-electron chi connectivity index (χ2n) is 9.55. The van der Waals surface area contributed by atoms with Gasteiger partial charge in [-0.15, -0.1) is 0 Å². The number of ketones is 2. The predicted octanol–water partition coefficient (Wildman–Crippen LogP) is 6.94. The average molecular weight is 709 g/mol. The van der Waals surface area contributed by atoms with Crippen molar-refractivity contribution in [1.29, 1.82) is 0 Å². The van der Waals surface area contributed by atoms with Crippen molar-refractivity contribution in [3.63, 3.8) is 0 Å². The van der Waals surface area contributed by atoms with E-state index in [9.17, 15) is 19.7 Å². The van der Waals surface area contributed by atoms with Crippen molar-refractivity contribution in [1.82, 2.24) is 6.15 Å². The Morgan fingerprint density at radius 1 is 0.729 bits per heavy atom. The molecule has 0 spiro atoms. The van der Waals surface area contributed by atoms with Gasteiger partial charge in [-0.2, -0.15) is 0 Å². The fraction of sp³-hybridized carbons (Fsp3) is 0.206. The number of nitro benzene ring substituents is 1. The summed E-state index contributed by atoms with van der Waals surface area (Å²) in [6.07, 6.45) is 0. The fourth-order valence-electron chi connectivity index (χ4n) is 3.88. The molecule has 14 heteroatoms. The number of ether oxygens (including phenoxy) is 4. The van der Waals surface area contributed by atoms with Crippen LogP contribution < -0.4 is 30.8 Å². The van der Waals surface area contributed by atoms with Gasteiger partial charge in [-0.05, 0) is 31.0 Å². The molecule has 6 N–H and O–H groups in total. The third-order valence-corrected chi connectivity index (χ3v) is 6.05. The number of benzene rings is 4. The number of carbonyl (C=O) groups excluding carboxylic acids is 2. The Kier molecular flexibility index (Phi) is 19.0. The Labute approximate surface area is 290 Å². The van der Waals surface area contributed by atoms with Gasteiger partial charge < -0.3 is 35.9 Å². The molecule has 13 nitrogen and oxygen atoms in total. The molecule has 0 heterocycles. The van der Waals surface area contributed by atoms with Gasteiger partial charge in [0.2, 0.25) is 0 Å². The summed E-state index contributed by atoms with van der Waals surface area (Å²) in [6.45, 7) is 4.48. The number of hydrogen-bond acceptors (Lipinski definition) is 11. The third kappa shape index (κ3) is 13.5. The third-order valence-electron chi connectivity index (χ3n) is 6.05. The number of aliphatic carboxylic acids is 1. The van der Waals surface area contributed by atoms with Gasteiger partial charge in [0.05, 0.1) is 30.8 Å². The Hall–Kier alpha value is -5.43. The van der Waals surface area contributed by atoms with E-state index < -0.39 is 16.7 Å². The molecule has 4 aromatic rings. The van der Waals surface area contributed by atoms with Gasteiger partial charge >= 0.3 is 0 Å². The number of carbonyl (C=O) groups is 3. The number of rotatable bonds is 11. The molecule has 48 heavy (non-hydrogen) atoms. The minimum atomic E-state index is -0.833. The normalized spacial score (nSPS) is 9.35. The van der Waals surface area contributed by atoms with Crippen LogP contribution in [-0.2, 0) is 35.1 Å². The van der Waals surface area contributed by atoms with Gasteiger partial charge in [0.1, 0.15) is 13.2 Å². The molecule has 0 fully saturated rings. The van der Waals surface area contributed by atoms with E-state index in [0.717, 1.165) is 18.1 Å². The summed E-state index contributed by atoms with van der Waals surface area (Å²) < 4.78 is 21.7. The summed E-state index contributed by atoms with van der Waals surface area (Å²) in [4.78, 5) is 42.5. The number of hydrogen-bond donors (Lipinski definition) is 3. The number of Topliss-reactive ketones (excluding diaryl/α,β-unsaturated/α-hetero) is 2. The predicted molar refractivity (Wildman–Crippen MR) is 179 cm³/mol. The van der Waals surface area contributed by atoms with Crippen LogP contribution in [-0.4, -0.2) is 41.8 Å². The number of nitrogen functional groups attached to an aromatic ring is 1. The van der Waals surface area contributed by atoms with Gasteiger partial charge in [-0.3, -0.25) is 24.5 Å². The Balaban J connectivity index is 0. The van der Waals surface area contributed by atoms with E-state index >= 15 is 0 Å². The molecule has 0 saturated heterocycles. The molecular formula is C34H41FeN3O10. The molecule has 0 saturated carbocycles. The molecule has 0 aliphatic rings. The van der Waals surface area contributed by atoms with Crippen molar-refractivity contribution in [3.05, 3.63) is 117 Å². The first-order chi connectivity index (χ1) is 21.9. The van der Waals surface area contributed by atoms with Crippen LogP contribution in [0.1, 0.15) is 54.0 Å². The van der Waals surface area contributed by atoms with Gasteiger partial charge in [0.15, 0.2) is 34.6 Å². The summed E-state index contributed by atoms with van der Waals surface area (Å²) in [5.74, 6) is 0.198. The van der Waals surface area contributed by atoms with Crippen LogP contribution in [0.5, 0.6) is 23.0 Å². The summed E-state index contributed by atoms with van der Waals surface area (Å²) in [5.41, 5.74) is 8.35. The molecular weight excluding hydrogens is 666 g/mol. The zero-order valence-corrected chi connectivity index (χ0v) is 28.3. The zero-order valence-electron chi connectivity index (χ0n) is 27.2. The maximum absolute atomic E-state index is 11.5. The summed E-state index contributed by atoms with van der Waals surface area (Å²) in [7, 11) is 2.95. The van der Waals surface area contributed by atoms with Gasteiger partial charge in [0.25, 0.3) is 11.7 Å². The summed E-state index contributed by atoms with van der Waals surface area (Å²) >= 11 is 0. The summed E-state index contributed by atoms with van der Waals surface area (Å²) in [5, 5.41) is 18.5. The van der Waals surface area contributed by atoms with Gasteiger partial charge in [0, 0.05) is 48.8 Å². The van der Waals surface area contributed by atoms with E-state index in [1.54, 1.807) is 12.1 Å². The number of nitrogens with zero attached hydrogens (tertiary/aromatic N) is 1. The average Bonchev–Trinajstić information content (AvgIpc) is 3.03. The largest absolute Gasteiger partial charge is 0.493 e. The second-order valence-corrected chi connectivity index (χ2v) is 9.55. The smallest absolute Gasteiger partial charge is 0.300 e. The van der Waals surface area contributed by atoms with Crippen molar-refractivity contribution >= 4 is 28.9 Å². The van der Waals surface area contributed by atoms with Gasteiger partial charge in [-0.1, -0.05) is 60.7 Å². The first kappa shape index (κ1) is 42.6. The maximum Gasteiger partial charge on any atom is 0.300 e. The minimum Gasteiger partial charge on any atom is -0.493 e. The SMILES string of the molecule is CC(=O)O.COc1cc(C(C)=O)c(N)cc1OCc1ccccc1.COc1cc(C(C)=O)c([N+](=O)[O-])cc1OCc1ccccc1.N.[2HH].[Fe]. The molecule has 260 valence electrons. The van der Waals surface area contributed by atoms with E-state index in [1.807, 2.05) is 60.7 Å². The number of carboxylic acids is 1. The van der Waals surface area contributed by atoms with Crippen molar-refractivity contribution in [3.8, 4) is 23.0 Å². The van der Waals surface area contributed by atoms with E-state index in [0.29, 0.717) is 29.4 Å². The van der Waals surface area contributed by atoms with Crippen LogP contribution in [0.2, 0.25) is 0 Å². The summed E-state index contributed by atoms with van der Waals surface area (Å²) in [6, 6.07) is 25.0. The second kappa shape index (κ2) is 21.4. The maximum atomic E-state index is 11.5. The number of carboxylic acid groups (broad SMARTS) is 1. The van der Waals surface area contributed by atoms with E-state index in [2.05, 4.69) is 0 Å². The number of anilines is 1. The molecule has 4 rings (SSSR count). The molecule has 0 bridgehead atoms. The monoisotopic (exact) mass is 708 g/mol. The van der Waals surface area contributed by atoms with Crippen molar-refractivity contribution < 1.29 is 61.9 Å². The quantitative estimate of drug-likeness (QED) is 0.0475. The number of nitrogens with two attached hydrogens (primary N) is 1. The van der Waals surface area contributed by atoms with Crippen LogP contribution >= 0.6 is 0 Å². The topological polar surface area (TPSA) is 213 Å². The van der Waals surface area contributed by atoms with E-state index in [1.165, 1.54) is 40.2 Å². The molecule has 0 radical (unpaired) electrons. The minimum absolute atomic E-state index is 0. The Morgan fingerprint density at radius 2 is 1.10 bits per heavy atom. The van der Waals surface area contributed by atoms with Crippen molar-refractivity contribution in [2.75, 3.05) is 20.0 Å². The van der Waals surface area contributed by atoms with Crippen LogP contribution in [0.15, 0.2) is 84.9 Å². The molecule has 0 atom stereocenters. The van der Waals surface area contributed by atoms with Crippen molar-refractivity contribution in [2.45, 2.75) is 34.0 Å². The molecule has 0 aromatic heterocycles. The molecule has 0 amide bonds. The number of nitro groups is 1. The number of methoxy groups -OCH3 is 2. The van der Waals surface area contributed by atoms with E-state index in [4.69, 9.17) is 34.6 Å². The fourth-order valence-corrected chi connectivity index (χ4v) is 3.88. The molecule has 0 aliphatic carbocycles. The molecule has 4 aromatic carbocycles. The Morgan fingerprint density at radius 3 is 1.46 bits per heavy atom. The first-order valence-electron chi connectivity index (χ1n) is 13.8. The zero-order chi connectivity index (χ0) is 34.2. The van der Waals surface area contributed by atoms with E-state index in [-0.39, 0.29) is 59.8 Å². The van der Waals surface area contributed by atoms with Crippen molar-refractivity contribution in [2.24, 2.45) is 0 Å². The molecule has 0 aliphatic heterocycles.